The first-order valence-electron chi connectivity index (χ1n) is 6.42. The summed E-state index contributed by atoms with van der Waals surface area (Å²) in [5.41, 5.74) is 1.75. The van der Waals surface area contributed by atoms with Crippen LogP contribution in [0.3, 0.4) is 0 Å². The highest BCUT2D eigenvalue weighted by Crippen LogP contribution is 2.20. The summed E-state index contributed by atoms with van der Waals surface area (Å²) in [5, 5.41) is 3.89. The molecular formula is C16H12N2O3. The Labute approximate surface area is 121 Å². The second kappa shape index (κ2) is 6.00. The molecule has 0 aliphatic carbocycles. The van der Waals surface area contributed by atoms with E-state index in [-0.39, 0.29) is 12.3 Å². The van der Waals surface area contributed by atoms with Crippen LogP contribution in [0.5, 0.6) is 0 Å². The van der Waals surface area contributed by atoms with E-state index in [1.807, 2.05) is 30.3 Å². The smallest absolute Gasteiger partial charge is 0.357 e. The van der Waals surface area contributed by atoms with Gasteiger partial charge in [0.1, 0.15) is 18.0 Å². The molecule has 0 aliphatic heterocycles. The Hall–Kier alpha value is -2.95. The minimum absolute atomic E-state index is 0.0474. The molecule has 0 atom stereocenters. The molecule has 3 aromatic rings. The fraction of sp³-hybridized carbons (Fsp3) is 0.0625. The van der Waals surface area contributed by atoms with Crippen LogP contribution < -0.4 is 0 Å². The molecule has 0 fully saturated rings. The summed E-state index contributed by atoms with van der Waals surface area (Å²) in [5.74, 6) is 0.152. The molecule has 3 rings (SSSR count). The van der Waals surface area contributed by atoms with Crippen molar-refractivity contribution in [3.8, 4) is 11.3 Å². The van der Waals surface area contributed by atoms with Gasteiger partial charge < -0.3 is 9.26 Å². The van der Waals surface area contributed by atoms with Crippen LogP contribution in [0, 0.1) is 0 Å². The van der Waals surface area contributed by atoms with Crippen molar-refractivity contribution in [2.24, 2.45) is 0 Å². The molecule has 0 bridgehead atoms. The van der Waals surface area contributed by atoms with Gasteiger partial charge in [0.2, 0.25) is 0 Å². The SMILES string of the molecule is O=C(OCc1cc(-c2ccccc2)on1)c1ccccn1. The summed E-state index contributed by atoms with van der Waals surface area (Å²) in [6.07, 6.45) is 1.54. The lowest BCUT2D eigenvalue weighted by molar-refractivity contribution is 0.0457. The average Bonchev–Trinajstić information content (AvgIpc) is 3.03. The third kappa shape index (κ3) is 3.14. The predicted molar refractivity (Wildman–Crippen MR) is 75.3 cm³/mol. The molecule has 0 spiro atoms. The molecule has 0 aliphatic rings. The van der Waals surface area contributed by atoms with E-state index in [1.54, 1.807) is 30.5 Å². The maximum atomic E-state index is 11.8. The molecule has 1 aromatic carbocycles. The lowest BCUT2D eigenvalue weighted by Crippen LogP contribution is -2.06. The van der Waals surface area contributed by atoms with Gasteiger partial charge in [0, 0.05) is 17.8 Å². The number of ether oxygens (including phenoxy) is 1. The van der Waals surface area contributed by atoms with E-state index in [4.69, 9.17) is 9.26 Å². The van der Waals surface area contributed by atoms with E-state index < -0.39 is 5.97 Å². The number of esters is 1. The average molecular weight is 280 g/mol. The van der Waals surface area contributed by atoms with Crippen LogP contribution in [0.15, 0.2) is 65.3 Å². The quantitative estimate of drug-likeness (QED) is 0.687. The Morgan fingerprint density at radius 1 is 1.10 bits per heavy atom. The highest BCUT2D eigenvalue weighted by atomic mass is 16.5. The maximum absolute atomic E-state index is 11.8. The molecule has 0 radical (unpaired) electrons. The van der Waals surface area contributed by atoms with E-state index >= 15 is 0 Å². The summed E-state index contributed by atoms with van der Waals surface area (Å²) < 4.78 is 10.4. The maximum Gasteiger partial charge on any atom is 0.357 e. The van der Waals surface area contributed by atoms with Crippen molar-refractivity contribution in [1.82, 2.24) is 10.1 Å². The first-order valence-corrected chi connectivity index (χ1v) is 6.42. The minimum Gasteiger partial charge on any atom is -0.454 e. The Balaban J connectivity index is 1.64. The molecule has 5 heteroatoms. The number of nitrogens with zero attached hydrogens (tertiary/aromatic N) is 2. The van der Waals surface area contributed by atoms with Gasteiger partial charge in [0.05, 0.1) is 0 Å². The van der Waals surface area contributed by atoms with Gasteiger partial charge in [-0.15, -0.1) is 0 Å². The number of rotatable bonds is 4. The van der Waals surface area contributed by atoms with Crippen molar-refractivity contribution < 1.29 is 14.1 Å². The highest BCUT2D eigenvalue weighted by molar-refractivity contribution is 5.87. The number of hydrogen-bond acceptors (Lipinski definition) is 5. The van der Waals surface area contributed by atoms with Crippen molar-refractivity contribution in [2.75, 3.05) is 0 Å². The van der Waals surface area contributed by atoms with Crippen molar-refractivity contribution in [1.29, 1.82) is 0 Å². The first-order chi connectivity index (χ1) is 10.3. The fourth-order valence-electron chi connectivity index (χ4n) is 1.82. The van der Waals surface area contributed by atoms with Crippen molar-refractivity contribution in [2.45, 2.75) is 6.61 Å². The largest absolute Gasteiger partial charge is 0.454 e. The van der Waals surface area contributed by atoms with E-state index in [0.717, 1.165) is 5.56 Å². The summed E-state index contributed by atoms with van der Waals surface area (Å²) in [7, 11) is 0. The van der Waals surface area contributed by atoms with Crippen molar-refractivity contribution >= 4 is 5.97 Å². The normalized spacial score (nSPS) is 10.3. The molecule has 0 unspecified atom stereocenters. The monoisotopic (exact) mass is 280 g/mol. The van der Waals surface area contributed by atoms with Crippen LogP contribution >= 0.6 is 0 Å². The molecule has 0 saturated heterocycles. The molecule has 0 saturated carbocycles. The van der Waals surface area contributed by atoms with Crippen LogP contribution in [-0.2, 0) is 11.3 Å². The Kier molecular flexibility index (Phi) is 3.73. The van der Waals surface area contributed by atoms with E-state index in [0.29, 0.717) is 11.5 Å². The van der Waals surface area contributed by atoms with Gasteiger partial charge >= 0.3 is 5.97 Å². The molecule has 2 heterocycles. The molecule has 0 N–H and O–H groups in total. The van der Waals surface area contributed by atoms with Gasteiger partial charge in [-0.1, -0.05) is 41.6 Å². The second-order valence-electron chi connectivity index (χ2n) is 4.34. The zero-order valence-corrected chi connectivity index (χ0v) is 11.1. The summed E-state index contributed by atoms with van der Waals surface area (Å²) >= 11 is 0. The standard InChI is InChI=1S/C16H12N2O3/c19-16(14-8-4-5-9-17-14)20-11-13-10-15(21-18-13)12-6-2-1-3-7-12/h1-10H,11H2. The number of benzene rings is 1. The van der Waals surface area contributed by atoms with Crippen LogP contribution in [0.25, 0.3) is 11.3 Å². The third-order valence-electron chi connectivity index (χ3n) is 2.84. The molecule has 104 valence electrons. The highest BCUT2D eigenvalue weighted by Gasteiger charge is 2.11. The molecular weight excluding hydrogens is 268 g/mol. The predicted octanol–water partition coefficient (Wildman–Crippen LogP) is 3.09. The van der Waals surface area contributed by atoms with E-state index in [1.165, 1.54) is 0 Å². The summed E-state index contributed by atoms with van der Waals surface area (Å²) in [4.78, 5) is 15.7. The Bertz CT molecular complexity index is 724. The van der Waals surface area contributed by atoms with Gasteiger partial charge in [-0.3, -0.25) is 0 Å². The molecule has 21 heavy (non-hydrogen) atoms. The number of hydrogen-bond donors (Lipinski definition) is 0. The molecule has 0 amide bonds. The van der Waals surface area contributed by atoms with Gasteiger partial charge in [-0.2, -0.15) is 0 Å². The number of carbonyl (C=O) groups is 1. The van der Waals surface area contributed by atoms with E-state index in [2.05, 4.69) is 10.1 Å². The molecule has 2 aromatic heterocycles. The molecule has 5 nitrogen and oxygen atoms in total. The summed E-state index contributed by atoms with van der Waals surface area (Å²) in [6.45, 7) is 0.0474. The van der Waals surface area contributed by atoms with Gasteiger partial charge in [0.25, 0.3) is 0 Å². The van der Waals surface area contributed by atoms with Crippen LogP contribution in [0.4, 0.5) is 0 Å². The fourth-order valence-corrected chi connectivity index (χ4v) is 1.82. The zero-order chi connectivity index (χ0) is 14.5. The summed E-state index contributed by atoms with van der Waals surface area (Å²) in [6, 6.07) is 16.4. The lowest BCUT2D eigenvalue weighted by Gasteiger charge is -2.00. The lowest BCUT2D eigenvalue weighted by atomic mass is 10.2. The Morgan fingerprint density at radius 2 is 1.90 bits per heavy atom. The number of pyridine rings is 1. The number of aromatic nitrogens is 2. The topological polar surface area (TPSA) is 65.2 Å². The minimum atomic E-state index is -0.486. The van der Waals surface area contributed by atoms with Gasteiger partial charge in [-0.05, 0) is 12.1 Å². The van der Waals surface area contributed by atoms with Gasteiger partial charge in [0.15, 0.2) is 5.76 Å². The van der Waals surface area contributed by atoms with Crippen molar-refractivity contribution in [3.63, 3.8) is 0 Å². The Morgan fingerprint density at radius 3 is 2.67 bits per heavy atom. The zero-order valence-electron chi connectivity index (χ0n) is 11.1. The van der Waals surface area contributed by atoms with Crippen LogP contribution in [0.2, 0.25) is 0 Å². The van der Waals surface area contributed by atoms with Crippen molar-refractivity contribution in [3.05, 3.63) is 72.2 Å². The van der Waals surface area contributed by atoms with Crippen LogP contribution in [0.1, 0.15) is 16.2 Å². The van der Waals surface area contributed by atoms with Gasteiger partial charge in [-0.25, -0.2) is 9.78 Å². The third-order valence-corrected chi connectivity index (χ3v) is 2.84. The number of carbonyl (C=O) groups excluding carboxylic acids is 1. The van der Waals surface area contributed by atoms with E-state index in [9.17, 15) is 4.79 Å². The second-order valence-corrected chi connectivity index (χ2v) is 4.34. The van der Waals surface area contributed by atoms with Crippen LogP contribution in [-0.4, -0.2) is 16.1 Å². The first kappa shape index (κ1) is 13.1.